The van der Waals surface area contributed by atoms with Crippen LogP contribution >= 0.6 is 24.0 Å². The lowest BCUT2D eigenvalue weighted by Crippen LogP contribution is -2.44. The van der Waals surface area contributed by atoms with E-state index >= 15 is 0 Å². The standard InChI is InChI=1S/C13H20ClNO.ClH/c1-9(15-13(2,3)4)12(16)10-6-5-7-11(14)8-10;/h5-9,12,15-16H,1-4H3;1H/t9-,12+;/m1./s1/i2D3,3D3,4D3;. The summed E-state index contributed by atoms with van der Waals surface area (Å²) in [6.07, 6.45) is -1.37. The second-order valence-electron chi connectivity index (χ2n) is 3.68. The van der Waals surface area contributed by atoms with Crippen molar-refractivity contribution in [1.82, 2.24) is 5.32 Å². The monoisotopic (exact) mass is 286 g/mol. The van der Waals surface area contributed by atoms with Crippen molar-refractivity contribution in [3.05, 3.63) is 34.9 Å². The van der Waals surface area contributed by atoms with Crippen LogP contribution in [-0.2, 0) is 0 Å². The zero-order valence-electron chi connectivity index (χ0n) is 18.2. The Labute approximate surface area is 127 Å². The van der Waals surface area contributed by atoms with E-state index in [9.17, 15) is 5.11 Å². The van der Waals surface area contributed by atoms with Crippen LogP contribution in [0.3, 0.4) is 0 Å². The van der Waals surface area contributed by atoms with Gasteiger partial charge in [-0.15, -0.1) is 12.4 Å². The van der Waals surface area contributed by atoms with Gasteiger partial charge in [-0.2, -0.15) is 0 Å². The summed E-state index contributed by atoms with van der Waals surface area (Å²) in [5, 5.41) is 12.9. The average Bonchev–Trinajstić information content (AvgIpc) is 2.39. The molecule has 0 bridgehead atoms. The topological polar surface area (TPSA) is 32.3 Å². The molecule has 0 radical (unpaired) electrons. The highest BCUT2D eigenvalue weighted by Gasteiger charge is 2.21. The zero-order chi connectivity index (χ0) is 19.8. The van der Waals surface area contributed by atoms with Gasteiger partial charge in [-0.1, -0.05) is 23.7 Å². The minimum absolute atomic E-state index is 0. The summed E-state index contributed by atoms with van der Waals surface area (Å²) in [5.74, 6) is 0. The fourth-order valence-electron chi connectivity index (χ4n) is 1.40. The molecule has 0 heterocycles. The van der Waals surface area contributed by atoms with Crippen molar-refractivity contribution in [3.63, 3.8) is 0 Å². The molecule has 0 aliphatic heterocycles. The van der Waals surface area contributed by atoms with Gasteiger partial charge in [0.1, 0.15) is 0 Å². The second kappa shape index (κ2) is 6.60. The van der Waals surface area contributed by atoms with Crippen molar-refractivity contribution in [2.45, 2.75) is 45.2 Å². The van der Waals surface area contributed by atoms with Gasteiger partial charge in [-0.05, 0) is 45.2 Å². The Bertz CT molecular complexity index is 564. The van der Waals surface area contributed by atoms with E-state index in [-0.39, 0.29) is 12.4 Å². The Morgan fingerprint density at radius 2 is 2.06 bits per heavy atom. The first-order valence-corrected chi connectivity index (χ1v) is 5.13. The zero-order valence-corrected chi connectivity index (χ0v) is 10.8. The lowest BCUT2D eigenvalue weighted by atomic mass is 10.00. The Balaban J connectivity index is 0.00000625. The van der Waals surface area contributed by atoms with E-state index in [2.05, 4.69) is 5.32 Å². The third-order valence-corrected chi connectivity index (χ3v) is 2.34. The Kier molecular flexibility index (Phi) is 2.62. The molecule has 2 N–H and O–H groups in total. The van der Waals surface area contributed by atoms with Crippen LogP contribution in [0.25, 0.3) is 0 Å². The molecule has 0 saturated carbocycles. The summed E-state index contributed by atoms with van der Waals surface area (Å²) in [5.41, 5.74) is -2.91. The maximum Gasteiger partial charge on any atom is 0.0940 e. The number of rotatable bonds is 3. The molecule has 0 fully saturated rings. The van der Waals surface area contributed by atoms with Crippen molar-refractivity contribution < 1.29 is 17.4 Å². The van der Waals surface area contributed by atoms with Crippen LogP contribution in [0.1, 0.15) is 51.5 Å². The number of nitrogens with one attached hydrogen (secondary N) is 1. The van der Waals surface area contributed by atoms with E-state index in [4.69, 9.17) is 23.9 Å². The summed E-state index contributed by atoms with van der Waals surface area (Å²) in [4.78, 5) is 0. The number of aliphatic hydroxyl groups excluding tert-OH is 1. The predicted octanol–water partition coefficient (Wildman–Crippen LogP) is 3.57. The SMILES string of the molecule is Cl.[2H]C([2H])([2H])C(N[C@H](C)[C@H](O)c1cccc(Cl)c1)(C([2H])([2H])[2H])C([2H])([2H])[2H]. The molecular formula is C13H21Cl2NO. The summed E-state index contributed by atoms with van der Waals surface area (Å²) in [6, 6.07) is 4.86. The van der Waals surface area contributed by atoms with Gasteiger partial charge >= 0.3 is 0 Å². The molecule has 0 aliphatic rings. The predicted molar refractivity (Wildman–Crippen MR) is 76.0 cm³/mol. The highest BCUT2D eigenvalue weighted by molar-refractivity contribution is 6.30. The Morgan fingerprint density at radius 3 is 2.59 bits per heavy atom. The fourth-order valence-corrected chi connectivity index (χ4v) is 1.60. The fraction of sp³-hybridized carbons (Fsp3) is 0.538. The van der Waals surface area contributed by atoms with Gasteiger partial charge in [0, 0.05) is 28.9 Å². The van der Waals surface area contributed by atoms with Gasteiger partial charge in [0.15, 0.2) is 0 Å². The number of halogens is 2. The van der Waals surface area contributed by atoms with E-state index in [1.54, 1.807) is 12.1 Å². The molecule has 0 aromatic heterocycles. The van der Waals surface area contributed by atoms with Gasteiger partial charge in [-0.3, -0.25) is 0 Å². The van der Waals surface area contributed by atoms with Crippen molar-refractivity contribution in [2.24, 2.45) is 0 Å². The Hall–Kier alpha value is -0.280. The largest absolute Gasteiger partial charge is 0.387 e. The van der Waals surface area contributed by atoms with E-state index in [1.807, 2.05) is 0 Å². The van der Waals surface area contributed by atoms with Crippen LogP contribution in [0, 0.1) is 0 Å². The van der Waals surface area contributed by atoms with Gasteiger partial charge in [0.05, 0.1) is 6.10 Å². The molecule has 0 spiro atoms. The summed E-state index contributed by atoms with van der Waals surface area (Å²) in [6.45, 7) is -8.84. The van der Waals surface area contributed by atoms with Crippen molar-refractivity contribution >= 4 is 24.0 Å². The third-order valence-electron chi connectivity index (χ3n) is 2.11. The first-order chi connectivity index (χ1) is 11.0. The normalized spacial score (nSPS) is 25.0. The molecule has 1 aromatic carbocycles. The van der Waals surface area contributed by atoms with E-state index in [1.165, 1.54) is 19.1 Å². The third kappa shape index (κ3) is 5.73. The maximum absolute atomic E-state index is 10.4. The van der Waals surface area contributed by atoms with Crippen molar-refractivity contribution in [1.29, 1.82) is 0 Å². The lowest BCUT2D eigenvalue weighted by molar-refractivity contribution is 0.121. The molecule has 4 heteroatoms. The van der Waals surface area contributed by atoms with Crippen LogP contribution < -0.4 is 5.32 Å². The molecule has 1 rings (SSSR count). The highest BCUT2D eigenvalue weighted by atomic mass is 35.5. The summed E-state index contributed by atoms with van der Waals surface area (Å²) in [7, 11) is 0. The van der Waals surface area contributed by atoms with E-state index in [0.29, 0.717) is 10.6 Å². The molecule has 2 atom stereocenters. The molecule has 0 aliphatic carbocycles. The van der Waals surface area contributed by atoms with Gasteiger partial charge in [-0.25, -0.2) is 0 Å². The molecule has 98 valence electrons. The second-order valence-corrected chi connectivity index (χ2v) is 4.12. The van der Waals surface area contributed by atoms with E-state index in [0.717, 1.165) is 0 Å². The number of hydrogen-bond acceptors (Lipinski definition) is 2. The lowest BCUT2D eigenvalue weighted by Gasteiger charge is -2.29. The molecule has 2 nitrogen and oxygen atoms in total. The molecule has 0 saturated heterocycles. The summed E-state index contributed by atoms with van der Waals surface area (Å²) < 4.78 is 68.1. The van der Waals surface area contributed by atoms with Crippen LogP contribution in [0.15, 0.2) is 24.3 Å². The van der Waals surface area contributed by atoms with E-state index < -0.39 is 38.2 Å². The van der Waals surface area contributed by atoms with Crippen molar-refractivity contribution in [2.75, 3.05) is 0 Å². The molecule has 0 unspecified atom stereocenters. The number of aliphatic hydroxyl groups is 1. The highest BCUT2D eigenvalue weighted by Crippen LogP contribution is 2.21. The minimum Gasteiger partial charge on any atom is -0.387 e. The molecular weight excluding hydrogens is 257 g/mol. The van der Waals surface area contributed by atoms with Gasteiger partial charge in [0.25, 0.3) is 0 Å². The number of hydrogen-bond donors (Lipinski definition) is 2. The smallest absolute Gasteiger partial charge is 0.0940 e. The quantitative estimate of drug-likeness (QED) is 0.890. The number of benzene rings is 1. The molecule has 0 amide bonds. The first kappa shape index (κ1) is 6.76. The Morgan fingerprint density at radius 1 is 1.41 bits per heavy atom. The van der Waals surface area contributed by atoms with Gasteiger partial charge in [0.2, 0.25) is 0 Å². The average molecular weight is 287 g/mol. The van der Waals surface area contributed by atoms with Crippen LogP contribution in [0.5, 0.6) is 0 Å². The minimum atomic E-state index is -3.38. The maximum atomic E-state index is 10.4. The van der Waals surface area contributed by atoms with Gasteiger partial charge < -0.3 is 10.4 Å². The van der Waals surface area contributed by atoms with Crippen molar-refractivity contribution in [3.8, 4) is 0 Å². The molecule has 1 aromatic rings. The van der Waals surface area contributed by atoms with Crippen LogP contribution in [0.4, 0.5) is 0 Å². The molecule has 17 heavy (non-hydrogen) atoms. The summed E-state index contributed by atoms with van der Waals surface area (Å²) >= 11 is 5.84. The van der Waals surface area contributed by atoms with Crippen LogP contribution in [-0.4, -0.2) is 16.7 Å². The van der Waals surface area contributed by atoms with Crippen LogP contribution in [0.2, 0.25) is 5.02 Å². The first-order valence-electron chi connectivity index (χ1n) is 9.26.